The number of pyridine rings is 1. The minimum Gasteiger partial charge on any atom is -0.249 e. The number of aromatic amines is 1. The minimum absolute atomic E-state index is 0.248. The summed E-state index contributed by atoms with van der Waals surface area (Å²) in [5.74, 6) is 0. The second kappa shape index (κ2) is 2.61. The number of nitriles is 1. The highest BCUT2D eigenvalue weighted by molar-refractivity contribution is 6.32. The lowest BCUT2D eigenvalue weighted by Crippen LogP contribution is -2.09. The third-order valence-corrected chi connectivity index (χ3v) is 1.94. The van der Waals surface area contributed by atoms with Crippen LogP contribution in [0.4, 0.5) is 0 Å². The van der Waals surface area contributed by atoms with Gasteiger partial charge in [-0.1, -0.05) is 11.6 Å². The standard InChI is InChI=1S/C7H3ClN4O/c8-5-1-6-10-11-7(13)12(6)3-4(5)2-9/h1,3H,(H,11,13). The number of rotatable bonds is 0. The first kappa shape index (κ1) is 7.83. The van der Waals surface area contributed by atoms with Gasteiger partial charge in [-0.25, -0.2) is 14.3 Å². The molecule has 0 unspecified atom stereocenters. The molecule has 0 aliphatic carbocycles. The number of aromatic nitrogens is 3. The summed E-state index contributed by atoms with van der Waals surface area (Å²) in [6, 6.07) is 3.33. The average Bonchev–Trinajstić information content (AvgIpc) is 2.46. The molecule has 0 saturated carbocycles. The zero-order valence-corrected chi connectivity index (χ0v) is 7.04. The number of fused-ring (bicyclic) bond motifs is 1. The molecule has 0 aliphatic heterocycles. The largest absolute Gasteiger partial charge is 0.347 e. The third-order valence-electron chi connectivity index (χ3n) is 1.62. The fourth-order valence-corrected chi connectivity index (χ4v) is 1.20. The number of hydrogen-bond donors (Lipinski definition) is 1. The SMILES string of the molecule is N#Cc1cn2c(=O)[nH]nc2cc1Cl. The summed E-state index contributed by atoms with van der Waals surface area (Å²) in [6.45, 7) is 0. The topological polar surface area (TPSA) is 73.9 Å². The van der Waals surface area contributed by atoms with Gasteiger partial charge in [0.05, 0.1) is 10.6 Å². The summed E-state index contributed by atoms with van der Waals surface area (Å²) in [6.07, 6.45) is 1.35. The molecule has 0 aromatic carbocycles. The Morgan fingerprint density at radius 1 is 1.69 bits per heavy atom. The van der Waals surface area contributed by atoms with Gasteiger partial charge >= 0.3 is 5.69 Å². The van der Waals surface area contributed by atoms with Crippen LogP contribution in [0, 0.1) is 11.3 Å². The van der Waals surface area contributed by atoms with E-state index in [1.807, 2.05) is 6.07 Å². The molecule has 6 heteroatoms. The van der Waals surface area contributed by atoms with Gasteiger partial charge in [0.2, 0.25) is 0 Å². The van der Waals surface area contributed by atoms with Crippen LogP contribution in [0.1, 0.15) is 5.56 Å². The highest BCUT2D eigenvalue weighted by Crippen LogP contribution is 2.14. The van der Waals surface area contributed by atoms with Gasteiger partial charge in [-0.15, -0.1) is 0 Å². The van der Waals surface area contributed by atoms with E-state index in [4.69, 9.17) is 16.9 Å². The molecule has 0 aliphatic rings. The van der Waals surface area contributed by atoms with Crippen molar-refractivity contribution in [2.75, 3.05) is 0 Å². The van der Waals surface area contributed by atoms with Crippen molar-refractivity contribution >= 4 is 17.2 Å². The van der Waals surface area contributed by atoms with E-state index in [1.54, 1.807) is 0 Å². The molecule has 0 atom stereocenters. The van der Waals surface area contributed by atoms with Crippen LogP contribution in [0.2, 0.25) is 5.02 Å². The smallest absolute Gasteiger partial charge is 0.249 e. The summed E-state index contributed by atoms with van der Waals surface area (Å²) < 4.78 is 1.23. The molecule has 0 fully saturated rings. The lowest BCUT2D eigenvalue weighted by atomic mass is 10.3. The van der Waals surface area contributed by atoms with Gasteiger partial charge in [-0.3, -0.25) is 0 Å². The molecule has 0 spiro atoms. The first-order chi connectivity index (χ1) is 6.22. The van der Waals surface area contributed by atoms with Crippen LogP contribution in [0.5, 0.6) is 0 Å². The average molecular weight is 195 g/mol. The van der Waals surface area contributed by atoms with Crippen LogP contribution in [0.3, 0.4) is 0 Å². The Hall–Kier alpha value is -1.80. The zero-order valence-electron chi connectivity index (χ0n) is 6.28. The van der Waals surface area contributed by atoms with Gasteiger partial charge in [-0.2, -0.15) is 10.4 Å². The maximum absolute atomic E-state index is 11.1. The summed E-state index contributed by atoms with van der Waals surface area (Å²) in [5, 5.41) is 14.8. The molecule has 5 nitrogen and oxygen atoms in total. The number of hydrogen-bond acceptors (Lipinski definition) is 3. The van der Waals surface area contributed by atoms with E-state index in [0.717, 1.165) is 0 Å². The Morgan fingerprint density at radius 3 is 3.15 bits per heavy atom. The lowest BCUT2D eigenvalue weighted by Gasteiger charge is -1.94. The van der Waals surface area contributed by atoms with Crippen molar-refractivity contribution in [3.63, 3.8) is 0 Å². The van der Waals surface area contributed by atoms with Gasteiger partial charge in [-0.05, 0) is 0 Å². The Labute approximate surface area is 77.2 Å². The molecule has 0 saturated heterocycles. The zero-order chi connectivity index (χ0) is 9.42. The van der Waals surface area contributed by atoms with Crippen molar-refractivity contribution in [3.05, 3.63) is 33.3 Å². The van der Waals surface area contributed by atoms with E-state index in [-0.39, 0.29) is 16.3 Å². The first-order valence-corrected chi connectivity index (χ1v) is 3.76. The molecular weight excluding hydrogens is 192 g/mol. The van der Waals surface area contributed by atoms with Crippen molar-refractivity contribution in [2.24, 2.45) is 0 Å². The van der Waals surface area contributed by atoms with Crippen LogP contribution < -0.4 is 5.69 Å². The van der Waals surface area contributed by atoms with Gasteiger partial charge in [0.1, 0.15) is 6.07 Å². The predicted octanol–water partition coefficient (Wildman–Crippen LogP) is 0.548. The van der Waals surface area contributed by atoms with Crippen molar-refractivity contribution in [1.82, 2.24) is 14.6 Å². The predicted molar refractivity (Wildman–Crippen MR) is 45.5 cm³/mol. The van der Waals surface area contributed by atoms with Gasteiger partial charge < -0.3 is 0 Å². The molecule has 1 N–H and O–H groups in total. The summed E-state index contributed by atoms with van der Waals surface area (Å²) >= 11 is 5.72. The number of halogens is 1. The van der Waals surface area contributed by atoms with Crippen molar-refractivity contribution in [3.8, 4) is 6.07 Å². The van der Waals surface area contributed by atoms with E-state index < -0.39 is 0 Å². The molecule has 64 valence electrons. The second-order valence-corrected chi connectivity index (χ2v) is 2.81. The number of H-pyrrole nitrogens is 1. The van der Waals surface area contributed by atoms with E-state index in [9.17, 15) is 4.79 Å². The minimum atomic E-state index is -0.386. The Bertz CT molecular complexity index is 562. The number of nitrogens with zero attached hydrogens (tertiary/aromatic N) is 3. The molecule has 0 radical (unpaired) electrons. The van der Waals surface area contributed by atoms with Crippen molar-refractivity contribution in [2.45, 2.75) is 0 Å². The van der Waals surface area contributed by atoms with E-state index in [0.29, 0.717) is 5.65 Å². The maximum Gasteiger partial charge on any atom is 0.347 e. The molecule has 0 amide bonds. The van der Waals surface area contributed by atoms with Gasteiger partial charge in [0, 0.05) is 12.3 Å². The molecule has 0 bridgehead atoms. The highest BCUT2D eigenvalue weighted by Gasteiger charge is 2.05. The van der Waals surface area contributed by atoms with Crippen LogP contribution in [0.25, 0.3) is 5.65 Å². The van der Waals surface area contributed by atoms with Crippen LogP contribution in [-0.4, -0.2) is 14.6 Å². The summed E-state index contributed by atoms with van der Waals surface area (Å²) in [4.78, 5) is 11.1. The van der Waals surface area contributed by atoms with Crippen LogP contribution in [0.15, 0.2) is 17.1 Å². The van der Waals surface area contributed by atoms with E-state index in [2.05, 4.69) is 10.2 Å². The molecule has 2 heterocycles. The Kier molecular flexibility index (Phi) is 1.57. The second-order valence-electron chi connectivity index (χ2n) is 2.40. The summed E-state index contributed by atoms with van der Waals surface area (Å²) in [7, 11) is 0. The fourth-order valence-electron chi connectivity index (χ4n) is 1.01. The monoisotopic (exact) mass is 194 g/mol. The molecule has 2 rings (SSSR count). The van der Waals surface area contributed by atoms with Gasteiger partial charge in [0.15, 0.2) is 5.65 Å². The van der Waals surface area contributed by atoms with Crippen molar-refractivity contribution < 1.29 is 0 Å². The normalized spacial score (nSPS) is 10.2. The van der Waals surface area contributed by atoms with E-state index >= 15 is 0 Å². The maximum atomic E-state index is 11.1. The van der Waals surface area contributed by atoms with E-state index in [1.165, 1.54) is 16.7 Å². The molecular formula is C7H3ClN4O. The Balaban J connectivity index is 2.95. The summed E-state index contributed by atoms with van der Waals surface area (Å²) in [5.41, 5.74) is 0.259. The highest BCUT2D eigenvalue weighted by atomic mass is 35.5. The third kappa shape index (κ3) is 1.08. The molecule has 13 heavy (non-hydrogen) atoms. The fraction of sp³-hybridized carbons (Fsp3) is 0. The van der Waals surface area contributed by atoms with Gasteiger partial charge in [0.25, 0.3) is 0 Å². The Morgan fingerprint density at radius 2 is 2.46 bits per heavy atom. The first-order valence-electron chi connectivity index (χ1n) is 3.39. The molecule has 2 aromatic heterocycles. The molecule has 2 aromatic rings. The van der Waals surface area contributed by atoms with Crippen LogP contribution >= 0.6 is 11.6 Å². The lowest BCUT2D eigenvalue weighted by molar-refractivity contribution is 1.02. The van der Waals surface area contributed by atoms with Crippen LogP contribution in [-0.2, 0) is 0 Å². The quantitative estimate of drug-likeness (QED) is 0.666. The van der Waals surface area contributed by atoms with Crippen molar-refractivity contribution in [1.29, 1.82) is 5.26 Å². The number of nitrogens with one attached hydrogen (secondary N) is 1.